The summed E-state index contributed by atoms with van der Waals surface area (Å²) < 4.78 is 39.3. The van der Waals surface area contributed by atoms with Gasteiger partial charge in [-0.05, 0) is 43.3 Å². The number of piperazine rings is 1. The van der Waals surface area contributed by atoms with E-state index in [9.17, 15) is 22.8 Å². The second-order valence-electron chi connectivity index (χ2n) is 8.31. The third kappa shape index (κ3) is 6.28. The van der Waals surface area contributed by atoms with Crippen LogP contribution in [-0.2, 0) is 30.8 Å². The van der Waals surface area contributed by atoms with Gasteiger partial charge < -0.3 is 18.9 Å². The molecule has 1 aliphatic rings. The highest BCUT2D eigenvalue weighted by Crippen LogP contribution is 2.30. The third-order valence-corrected chi connectivity index (χ3v) is 9.36. The molecule has 11 nitrogen and oxygen atoms in total. The molecule has 0 aliphatic carbocycles. The first-order valence-corrected chi connectivity index (χ1v) is 14.7. The van der Waals surface area contributed by atoms with Crippen LogP contribution in [0.4, 0.5) is 4.79 Å². The number of carbonyl (C=O) groups is 3. The molecule has 0 radical (unpaired) electrons. The fourth-order valence-corrected chi connectivity index (χ4v) is 7.18. The van der Waals surface area contributed by atoms with Crippen LogP contribution >= 0.6 is 34.5 Å². The first-order chi connectivity index (χ1) is 18.5. The molecular weight excluding hydrogens is 591 g/mol. The molecule has 3 aromatic rings. The van der Waals surface area contributed by atoms with Crippen molar-refractivity contribution < 1.29 is 32.3 Å². The summed E-state index contributed by atoms with van der Waals surface area (Å²) >= 11 is 13.6. The maximum Gasteiger partial charge on any atom is 0.409 e. The van der Waals surface area contributed by atoms with Gasteiger partial charge in [-0.3, -0.25) is 9.59 Å². The molecule has 0 saturated carbocycles. The number of thiazole rings is 1. The zero-order valence-corrected chi connectivity index (χ0v) is 24.1. The van der Waals surface area contributed by atoms with Crippen molar-refractivity contribution in [2.75, 3.05) is 39.9 Å². The zero-order chi connectivity index (χ0) is 28.3. The SMILES string of the molecule is CCOC(=O)N1CCN(S(=O)(=O)c2ccc(C(=O)N=c3sc4cc(Cl)cc(Cl)c4n3CC(=O)OC)cc2)CC1. The van der Waals surface area contributed by atoms with Gasteiger partial charge >= 0.3 is 12.1 Å². The Morgan fingerprint density at radius 1 is 1.05 bits per heavy atom. The molecule has 39 heavy (non-hydrogen) atoms. The summed E-state index contributed by atoms with van der Waals surface area (Å²) in [6.45, 7) is 2.38. The molecule has 1 aliphatic heterocycles. The number of halogens is 2. The molecule has 208 valence electrons. The minimum Gasteiger partial charge on any atom is -0.468 e. The second kappa shape index (κ2) is 12.0. The summed E-state index contributed by atoms with van der Waals surface area (Å²) in [6, 6.07) is 8.58. The van der Waals surface area contributed by atoms with Crippen molar-refractivity contribution in [3.8, 4) is 0 Å². The second-order valence-corrected chi connectivity index (χ2v) is 12.1. The van der Waals surface area contributed by atoms with Crippen molar-refractivity contribution in [1.29, 1.82) is 0 Å². The number of rotatable bonds is 6. The molecular formula is C24H24Cl2N4O7S2. The van der Waals surface area contributed by atoms with E-state index < -0.39 is 28.0 Å². The Morgan fingerprint density at radius 3 is 2.33 bits per heavy atom. The van der Waals surface area contributed by atoms with Crippen LogP contribution in [0.1, 0.15) is 17.3 Å². The molecule has 15 heteroatoms. The number of carbonyl (C=O) groups excluding carboxylic acids is 3. The van der Waals surface area contributed by atoms with Crippen molar-refractivity contribution in [2.45, 2.75) is 18.4 Å². The normalized spacial score (nSPS) is 15.0. The molecule has 2 aromatic carbocycles. The zero-order valence-electron chi connectivity index (χ0n) is 20.9. The maximum absolute atomic E-state index is 13.1. The van der Waals surface area contributed by atoms with Gasteiger partial charge in [-0.25, -0.2) is 13.2 Å². The standard InChI is InChI=1S/C24H24Cl2N4O7S2/c1-3-37-24(33)28-8-10-29(11-9-28)39(34,35)17-6-4-15(5-7-17)22(32)27-23-30(14-20(31)36-2)21-18(26)12-16(25)13-19(21)38-23/h4-7,12-13H,3,8-11,14H2,1-2H3. The molecule has 2 amide bonds. The van der Waals surface area contributed by atoms with E-state index in [-0.39, 0.29) is 59.6 Å². The number of hydrogen-bond donors (Lipinski definition) is 0. The van der Waals surface area contributed by atoms with Crippen molar-refractivity contribution in [2.24, 2.45) is 4.99 Å². The van der Waals surface area contributed by atoms with Gasteiger partial charge in [-0.15, -0.1) is 0 Å². The van der Waals surface area contributed by atoms with Crippen molar-refractivity contribution in [1.82, 2.24) is 13.8 Å². The summed E-state index contributed by atoms with van der Waals surface area (Å²) in [5.41, 5.74) is 0.625. The van der Waals surface area contributed by atoms with Crippen LogP contribution in [0.2, 0.25) is 10.0 Å². The van der Waals surface area contributed by atoms with Gasteiger partial charge in [0.15, 0.2) is 4.80 Å². The predicted molar refractivity (Wildman–Crippen MR) is 146 cm³/mol. The predicted octanol–water partition coefficient (Wildman–Crippen LogP) is 3.39. The molecule has 1 saturated heterocycles. The number of sulfonamides is 1. The fraction of sp³-hybridized carbons (Fsp3) is 0.333. The number of amides is 2. The van der Waals surface area contributed by atoms with Crippen molar-refractivity contribution in [3.63, 3.8) is 0 Å². The molecule has 2 heterocycles. The topological polar surface area (TPSA) is 128 Å². The number of fused-ring (bicyclic) bond motifs is 1. The van der Waals surface area contributed by atoms with E-state index >= 15 is 0 Å². The van der Waals surface area contributed by atoms with Gasteiger partial charge in [-0.1, -0.05) is 34.5 Å². The van der Waals surface area contributed by atoms with E-state index in [0.29, 0.717) is 15.2 Å². The van der Waals surface area contributed by atoms with Crippen LogP contribution < -0.4 is 4.80 Å². The van der Waals surface area contributed by atoms with E-state index in [4.69, 9.17) is 32.7 Å². The average Bonchev–Trinajstić information content (AvgIpc) is 3.25. The van der Waals surface area contributed by atoms with Crippen molar-refractivity contribution in [3.05, 3.63) is 56.8 Å². The number of ether oxygens (including phenoxy) is 2. The van der Waals surface area contributed by atoms with E-state index in [2.05, 4.69) is 4.99 Å². The summed E-state index contributed by atoms with van der Waals surface area (Å²) in [7, 11) is -2.60. The van der Waals surface area contributed by atoms with E-state index in [1.54, 1.807) is 13.0 Å². The van der Waals surface area contributed by atoms with Gasteiger partial charge in [0.2, 0.25) is 10.0 Å². The van der Waals surface area contributed by atoms with E-state index in [0.717, 1.165) is 11.3 Å². The lowest BCUT2D eigenvalue weighted by Gasteiger charge is -2.33. The Hall–Kier alpha value is -2.97. The summed E-state index contributed by atoms with van der Waals surface area (Å²) in [5, 5.41) is 0.667. The first-order valence-electron chi connectivity index (χ1n) is 11.7. The largest absolute Gasteiger partial charge is 0.468 e. The summed E-state index contributed by atoms with van der Waals surface area (Å²) in [5.74, 6) is -1.21. The number of aromatic nitrogens is 1. The van der Waals surface area contributed by atoms with Crippen LogP contribution in [0.3, 0.4) is 0 Å². The van der Waals surface area contributed by atoms with Crippen LogP contribution in [-0.4, -0.2) is 80.1 Å². The third-order valence-electron chi connectivity index (χ3n) is 5.91. The number of benzene rings is 2. The number of hydrogen-bond acceptors (Lipinski definition) is 8. The summed E-state index contributed by atoms with van der Waals surface area (Å²) in [4.78, 5) is 42.8. The molecule has 0 N–H and O–H groups in total. The molecule has 1 fully saturated rings. The van der Waals surface area contributed by atoms with Crippen LogP contribution in [0.15, 0.2) is 46.3 Å². The van der Waals surface area contributed by atoms with Crippen LogP contribution in [0.25, 0.3) is 10.2 Å². The number of esters is 1. The minimum atomic E-state index is -3.84. The smallest absolute Gasteiger partial charge is 0.409 e. The lowest BCUT2D eigenvalue weighted by atomic mass is 10.2. The lowest BCUT2D eigenvalue weighted by Crippen LogP contribution is -2.50. The highest BCUT2D eigenvalue weighted by atomic mass is 35.5. The average molecular weight is 616 g/mol. The van der Waals surface area contributed by atoms with Gasteiger partial charge in [0.1, 0.15) is 6.54 Å². The maximum atomic E-state index is 13.1. The van der Waals surface area contributed by atoms with Gasteiger partial charge in [-0.2, -0.15) is 9.30 Å². The van der Waals surface area contributed by atoms with Gasteiger partial charge in [0.05, 0.1) is 33.9 Å². The van der Waals surface area contributed by atoms with Crippen molar-refractivity contribution >= 4 is 72.7 Å². The number of nitrogens with zero attached hydrogens (tertiary/aromatic N) is 4. The fourth-order valence-electron chi connectivity index (χ4n) is 3.95. The molecule has 0 spiro atoms. The van der Waals surface area contributed by atoms with E-state index in [1.165, 1.54) is 51.2 Å². The Morgan fingerprint density at radius 2 is 1.72 bits per heavy atom. The Balaban J connectivity index is 1.58. The van der Waals surface area contributed by atoms with Gasteiger partial charge in [0.25, 0.3) is 5.91 Å². The highest BCUT2D eigenvalue weighted by molar-refractivity contribution is 7.89. The summed E-state index contributed by atoms with van der Waals surface area (Å²) in [6.07, 6.45) is -0.474. The molecule has 4 rings (SSSR count). The number of methoxy groups -OCH3 is 1. The molecule has 0 unspecified atom stereocenters. The van der Waals surface area contributed by atoms with Gasteiger partial charge in [0, 0.05) is 36.8 Å². The monoisotopic (exact) mass is 614 g/mol. The lowest BCUT2D eigenvalue weighted by molar-refractivity contribution is -0.141. The van der Waals surface area contributed by atoms with E-state index in [1.807, 2.05) is 0 Å². The van der Waals surface area contributed by atoms with Crippen LogP contribution in [0.5, 0.6) is 0 Å². The first kappa shape index (κ1) is 29.0. The Kier molecular flexibility index (Phi) is 8.96. The molecule has 1 aromatic heterocycles. The molecule has 0 atom stereocenters. The van der Waals surface area contributed by atoms with Crippen LogP contribution in [0, 0.1) is 0 Å². The highest BCUT2D eigenvalue weighted by Gasteiger charge is 2.30. The minimum absolute atomic E-state index is 0.00711. The Bertz CT molecular complexity index is 1590. The Labute approximate surface area is 238 Å². The quantitative estimate of drug-likeness (QED) is 0.389. The molecule has 0 bridgehead atoms.